The van der Waals surface area contributed by atoms with Crippen molar-refractivity contribution < 1.29 is 28.7 Å². The van der Waals surface area contributed by atoms with Crippen molar-refractivity contribution in [1.29, 1.82) is 0 Å². The summed E-state index contributed by atoms with van der Waals surface area (Å²) < 4.78 is 9.57. The van der Waals surface area contributed by atoms with Crippen LogP contribution in [0.25, 0.3) is 44.4 Å². The van der Waals surface area contributed by atoms with Crippen LogP contribution in [0.4, 0.5) is 9.59 Å². The molecule has 4 amide bonds. The highest BCUT2D eigenvalue weighted by Crippen LogP contribution is 2.52. The number of aliphatic imine (C=N–C) groups is 1. The molecule has 0 bridgehead atoms. The number of carbonyl (C=O) groups is 4. The maximum Gasteiger partial charge on any atom is 0.433 e. The van der Waals surface area contributed by atoms with E-state index in [0.29, 0.717) is 18.9 Å². The van der Waals surface area contributed by atoms with Gasteiger partial charge in [-0.1, -0.05) is 83.4 Å². The van der Waals surface area contributed by atoms with Gasteiger partial charge < -0.3 is 34.6 Å². The fourth-order valence-corrected chi connectivity index (χ4v) is 11.2. The lowest BCUT2D eigenvalue weighted by Gasteiger charge is -2.33. The van der Waals surface area contributed by atoms with E-state index in [1.807, 2.05) is 45.0 Å². The van der Waals surface area contributed by atoms with Crippen molar-refractivity contribution in [1.82, 2.24) is 35.1 Å². The summed E-state index contributed by atoms with van der Waals surface area (Å²) in [7, 11) is 2.57. The van der Waals surface area contributed by atoms with Gasteiger partial charge in [0.2, 0.25) is 5.91 Å². The molecule has 3 atom stereocenters. The molecular weight excluding hydrogens is 833 g/mol. The van der Waals surface area contributed by atoms with Crippen molar-refractivity contribution in [2.24, 2.45) is 22.2 Å². The van der Waals surface area contributed by atoms with E-state index in [1.165, 1.54) is 74.1 Å². The van der Waals surface area contributed by atoms with Crippen LogP contribution in [0, 0.1) is 17.3 Å². The van der Waals surface area contributed by atoms with Gasteiger partial charge in [-0.3, -0.25) is 9.59 Å². The lowest BCUT2D eigenvalue weighted by Crippen LogP contribution is -2.51. The van der Waals surface area contributed by atoms with Gasteiger partial charge in [0.15, 0.2) is 0 Å². The van der Waals surface area contributed by atoms with Crippen LogP contribution in [-0.2, 0) is 31.9 Å². The number of alkyl carbamates (subject to hydrolysis) is 1. The number of imidazole rings is 2. The molecule has 14 heteroatoms. The van der Waals surface area contributed by atoms with Crippen molar-refractivity contribution in [3.8, 4) is 33.6 Å². The van der Waals surface area contributed by atoms with E-state index in [-0.39, 0.29) is 46.9 Å². The Morgan fingerprint density at radius 2 is 1.32 bits per heavy atom. The van der Waals surface area contributed by atoms with Gasteiger partial charge in [0, 0.05) is 30.1 Å². The number of rotatable bonds is 10. The van der Waals surface area contributed by atoms with Gasteiger partial charge in [-0.25, -0.2) is 19.6 Å². The molecule has 346 valence electrons. The molecule has 3 fully saturated rings. The summed E-state index contributed by atoms with van der Waals surface area (Å²) in [6, 6.07) is 16.7. The van der Waals surface area contributed by atoms with Gasteiger partial charge in [-0.2, -0.15) is 4.99 Å². The maximum absolute atomic E-state index is 13.9. The molecule has 2 saturated heterocycles. The number of carbonyl (C=O) groups excluding carboxylic acids is 4. The third kappa shape index (κ3) is 8.62. The zero-order valence-electron chi connectivity index (χ0n) is 39.0. The van der Waals surface area contributed by atoms with Crippen molar-refractivity contribution in [2.75, 3.05) is 27.3 Å². The second-order valence-corrected chi connectivity index (χ2v) is 19.5. The van der Waals surface area contributed by atoms with Crippen LogP contribution in [0.15, 0.2) is 65.9 Å². The number of likely N-dealkylation sites (tertiary alicyclic amines) is 2. The molecule has 4 heterocycles. The number of aromatic nitrogens is 4. The summed E-state index contributed by atoms with van der Waals surface area (Å²) in [6.45, 7) is 8.72. The van der Waals surface area contributed by atoms with Gasteiger partial charge in [0.1, 0.15) is 23.4 Å². The van der Waals surface area contributed by atoms with Crippen molar-refractivity contribution in [2.45, 2.75) is 116 Å². The van der Waals surface area contributed by atoms with E-state index < -0.39 is 18.2 Å². The Morgan fingerprint density at radius 3 is 1.97 bits per heavy atom. The van der Waals surface area contributed by atoms with Crippen LogP contribution in [0.2, 0.25) is 0 Å². The summed E-state index contributed by atoms with van der Waals surface area (Å²) in [5.74, 6) is 0.757. The number of fused-ring (bicyclic) bond motifs is 2. The van der Waals surface area contributed by atoms with Crippen LogP contribution in [0.1, 0.15) is 120 Å². The number of amides is 4. The Hall–Kier alpha value is -6.31. The first-order valence-corrected chi connectivity index (χ1v) is 23.8. The van der Waals surface area contributed by atoms with Gasteiger partial charge >= 0.3 is 12.2 Å². The van der Waals surface area contributed by atoms with Gasteiger partial charge in [0.05, 0.1) is 50.1 Å². The first-order valence-electron chi connectivity index (χ1n) is 23.8. The Kier molecular flexibility index (Phi) is 12.6. The Labute approximate surface area is 386 Å². The summed E-state index contributed by atoms with van der Waals surface area (Å²) in [6.07, 6.45) is 14.0. The number of hydrogen-bond acceptors (Lipinski definition) is 8. The van der Waals surface area contributed by atoms with Crippen molar-refractivity contribution in [3.63, 3.8) is 0 Å². The fourth-order valence-electron chi connectivity index (χ4n) is 11.2. The average Bonchev–Trinajstić information content (AvgIpc) is 4.18. The zero-order chi connectivity index (χ0) is 46.3. The number of hydrogen-bond donors (Lipinski definition) is 3. The van der Waals surface area contributed by atoms with Crippen molar-refractivity contribution >= 4 is 40.5 Å². The third-order valence-electron chi connectivity index (χ3n) is 14.6. The SMILES string of the molecule is COC(=O)N=C(C(=O)N1CCCC1c1ncc(-c2ccc3cc(-c4ccc(-c5cnc(C6CCCN6C(=O)C(NC(=O)OC)C(C)C)[nH]5)c5c4CC4(CCCCC4)C5)ccc3c2)[nH]1)C(C)C. The molecule has 2 aromatic heterocycles. The predicted octanol–water partition coefficient (Wildman–Crippen LogP) is 9.91. The topological polar surface area (TPSA) is 175 Å². The number of aromatic amines is 2. The highest BCUT2D eigenvalue weighted by molar-refractivity contribution is 6.40. The third-order valence-corrected chi connectivity index (χ3v) is 14.6. The molecule has 2 aliphatic carbocycles. The number of ether oxygens (including phenoxy) is 2. The second-order valence-electron chi connectivity index (χ2n) is 19.5. The van der Waals surface area contributed by atoms with E-state index >= 15 is 0 Å². The van der Waals surface area contributed by atoms with Crippen LogP contribution < -0.4 is 5.32 Å². The maximum atomic E-state index is 13.9. The highest BCUT2D eigenvalue weighted by atomic mass is 16.5. The number of benzene rings is 3. The quantitative estimate of drug-likeness (QED) is 0.116. The number of methoxy groups -OCH3 is 2. The monoisotopic (exact) mass is 894 g/mol. The Balaban J connectivity index is 0.978. The number of H-pyrrole nitrogens is 2. The Morgan fingerprint density at radius 1 is 0.727 bits per heavy atom. The molecule has 2 aliphatic heterocycles. The summed E-state index contributed by atoms with van der Waals surface area (Å²) >= 11 is 0. The average molecular weight is 895 g/mol. The largest absolute Gasteiger partial charge is 0.453 e. The minimum atomic E-state index is -0.779. The summed E-state index contributed by atoms with van der Waals surface area (Å²) in [4.78, 5) is 76.2. The standard InChI is InChI=1S/C52H62N8O6/c1-30(2)44(57-50(63)65-5)48(61)59-22-10-12-42(59)46-53-28-40(55-46)35-17-15-32-24-34(16-14-33(32)25-35)36-18-19-37(39-27-52(26-38(36)39)20-8-7-9-21-52)41-29-54-47(56-41)43-13-11-23-60(43)49(62)45(31(3)4)58-51(64)66-6/h14-19,24-25,28-31,42-43,45H,7-13,20-23,26-27H2,1-6H3,(H,53,55)(H,54,56)(H,58,64). The van der Waals surface area contributed by atoms with Crippen LogP contribution in [-0.4, -0.2) is 92.8 Å². The van der Waals surface area contributed by atoms with Gasteiger partial charge in [-0.15, -0.1) is 0 Å². The minimum absolute atomic E-state index is 0.106. The van der Waals surface area contributed by atoms with Gasteiger partial charge in [0.25, 0.3) is 5.91 Å². The van der Waals surface area contributed by atoms with E-state index in [0.717, 1.165) is 72.1 Å². The molecule has 1 spiro atoms. The van der Waals surface area contributed by atoms with E-state index in [4.69, 9.17) is 19.4 Å². The molecule has 3 aromatic carbocycles. The van der Waals surface area contributed by atoms with E-state index in [2.05, 4.69) is 68.8 Å². The minimum Gasteiger partial charge on any atom is -0.453 e. The molecule has 3 unspecified atom stereocenters. The first-order chi connectivity index (χ1) is 31.9. The lowest BCUT2D eigenvalue weighted by molar-refractivity contribution is -0.135. The predicted molar refractivity (Wildman–Crippen MR) is 254 cm³/mol. The molecule has 3 N–H and O–H groups in total. The summed E-state index contributed by atoms with van der Waals surface area (Å²) in [5, 5.41) is 5.02. The molecule has 9 rings (SSSR count). The zero-order valence-corrected chi connectivity index (χ0v) is 39.0. The van der Waals surface area contributed by atoms with Crippen LogP contribution >= 0.6 is 0 Å². The fraction of sp³-hybridized carbons (Fsp3) is 0.481. The molecule has 14 nitrogen and oxygen atoms in total. The Bertz CT molecular complexity index is 2690. The van der Waals surface area contributed by atoms with Crippen LogP contribution in [0.3, 0.4) is 0 Å². The molecule has 0 radical (unpaired) electrons. The smallest absolute Gasteiger partial charge is 0.433 e. The van der Waals surface area contributed by atoms with Gasteiger partial charge in [-0.05, 0) is 108 Å². The van der Waals surface area contributed by atoms with Crippen LogP contribution in [0.5, 0.6) is 0 Å². The summed E-state index contributed by atoms with van der Waals surface area (Å²) in [5.41, 5.74) is 9.77. The second kappa shape index (κ2) is 18.5. The first kappa shape index (κ1) is 44.9. The molecule has 5 aromatic rings. The lowest BCUT2D eigenvalue weighted by atomic mass is 9.72. The highest BCUT2D eigenvalue weighted by Gasteiger charge is 2.42. The molecule has 4 aliphatic rings. The number of nitrogens with zero attached hydrogens (tertiary/aromatic N) is 5. The molecule has 66 heavy (non-hydrogen) atoms. The number of nitrogens with one attached hydrogen (secondary N) is 3. The molecule has 1 saturated carbocycles. The van der Waals surface area contributed by atoms with E-state index in [9.17, 15) is 19.2 Å². The molecular formula is C52H62N8O6. The normalized spacial score (nSPS) is 19.8. The van der Waals surface area contributed by atoms with Crippen molar-refractivity contribution in [3.05, 3.63) is 83.7 Å². The van der Waals surface area contributed by atoms with E-state index in [1.54, 1.807) is 4.90 Å².